The Kier molecular flexibility index (Phi) is 2.05. The summed E-state index contributed by atoms with van der Waals surface area (Å²) in [6.45, 7) is 2.04. The van der Waals surface area contributed by atoms with Gasteiger partial charge in [0.15, 0.2) is 10.8 Å². The number of thioether (sulfide) groups is 1. The van der Waals surface area contributed by atoms with Gasteiger partial charge < -0.3 is 5.73 Å². The van der Waals surface area contributed by atoms with Crippen LogP contribution in [0, 0.1) is 0 Å². The van der Waals surface area contributed by atoms with E-state index in [1.807, 2.05) is 6.92 Å². The fourth-order valence-corrected chi connectivity index (χ4v) is 1.61. The second-order valence-corrected chi connectivity index (χ2v) is 3.69. The summed E-state index contributed by atoms with van der Waals surface area (Å²) in [6, 6.07) is 0. The van der Waals surface area contributed by atoms with E-state index in [2.05, 4.69) is 20.2 Å². The van der Waals surface area contributed by atoms with Gasteiger partial charge in [-0.3, -0.25) is 5.10 Å². The lowest BCUT2D eigenvalue weighted by Gasteiger charge is -1.98. The fourth-order valence-electron chi connectivity index (χ4n) is 1.03. The monoisotopic (exact) mass is 195 g/mol. The molecule has 68 valence electrons. The number of hydrogen-bond donors (Lipinski definition) is 2. The SMILES string of the molecule is CCSc1nc(N)c2cn[nH]c2n1. The van der Waals surface area contributed by atoms with Gasteiger partial charge in [0.2, 0.25) is 0 Å². The second kappa shape index (κ2) is 3.21. The van der Waals surface area contributed by atoms with Gasteiger partial charge in [-0.25, -0.2) is 9.97 Å². The Labute approximate surface area is 79.1 Å². The van der Waals surface area contributed by atoms with Gasteiger partial charge in [0.25, 0.3) is 0 Å². The molecule has 0 aliphatic carbocycles. The quantitative estimate of drug-likeness (QED) is 0.553. The highest BCUT2D eigenvalue weighted by molar-refractivity contribution is 7.99. The molecule has 6 heteroatoms. The molecule has 3 N–H and O–H groups in total. The molecule has 0 aliphatic heterocycles. The Morgan fingerprint density at radius 3 is 3.15 bits per heavy atom. The fraction of sp³-hybridized carbons (Fsp3) is 0.286. The number of nitrogens with zero attached hydrogens (tertiary/aromatic N) is 3. The molecule has 0 fully saturated rings. The first-order chi connectivity index (χ1) is 6.31. The number of anilines is 1. The molecule has 0 spiro atoms. The zero-order valence-electron chi connectivity index (χ0n) is 7.11. The van der Waals surface area contributed by atoms with Gasteiger partial charge in [-0.2, -0.15) is 5.10 Å². The summed E-state index contributed by atoms with van der Waals surface area (Å²) in [7, 11) is 0. The number of rotatable bonds is 2. The minimum Gasteiger partial charge on any atom is -0.383 e. The van der Waals surface area contributed by atoms with Crippen molar-refractivity contribution in [3.63, 3.8) is 0 Å². The van der Waals surface area contributed by atoms with Crippen molar-refractivity contribution < 1.29 is 0 Å². The maximum absolute atomic E-state index is 5.71. The van der Waals surface area contributed by atoms with Crippen LogP contribution in [-0.4, -0.2) is 25.9 Å². The number of aromatic amines is 1. The summed E-state index contributed by atoms with van der Waals surface area (Å²) in [6.07, 6.45) is 1.63. The molecule has 0 unspecified atom stereocenters. The van der Waals surface area contributed by atoms with Crippen LogP contribution in [0.25, 0.3) is 11.0 Å². The summed E-state index contributed by atoms with van der Waals surface area (Å²) in [5.41, 5.74) is 6.40. The van der Waals surface area contributed by atoms with Gasteiger partial charge in [0.05, 0.1) is 11.6 Å². The maximum Gasteiger partial charge on any atom is 0.191 e. The summed E-state index contributed by atoms with van der Waals surface area (Å²) in [4.78, 5) is 8.37. The Balaban J connectivity index is 2.56. The smallest absolute Gasteiger partial charge is 0.191 e. The Bertz CT molecular complexity index is 424. The molecule has 2 heterocycles. The van der Waals surface area contributed by atoms with Crippen LogP contribution in [0.1, 0.15) is 6.92 Å². The average molecular weight is 195 g/mol. The number of hydrogen-bond acceptors (Lipinski definition) is 5. The molecular weight excluding hydrogens is 186 g/mol. The molecule has 0 aliphatic rings. The summed E-state index contributed by atoms with van der Waals surface area (Å²) in [5.74, 6) is 1.41. The summed E-state index contributed by atoms with van der Waals surface area (Å²) < 4.78 is 0. The van der Waals surface area contributed by atoms with E-state index < -0.39 is 0 Å². The van der Waals surface area contributed by atoms with Crippen LogP contribution in [0.2, 0.25) is 0 Å². The van der Waals surface area contributed by atoms with Crippen molar-refractivity contribution in [2.24, 2.45) is 0 Å². The molecule has 0 aromatic carbocycles. The van der Waals surface area contributed by atoms with Gasteiger partial charge in [-0.1, -0.05) is 18.7 Å². The van der Waals surface area contributed by atoms with E-state index in [1.165, 1.54) is 0 Å². The van der Waals surface area contributed by atoms with Crippen molar-refractivity contribution in [3.05, 3.63) is 6.20 Å². The first kappa shape index (κ1) is 8.31. The van der Waals surface area contributed by atoms with E-state index in [1.54, 1.807) is 18.0 Å². The van der Waals surface area contributed by atoms with Crippen LogP contribution < -0.4 is 5.73 Å². The third-order valence-corrected chi connectivity index (χ3v) is 2.32. The van der Waals surface area contributed by atoms with Crippen LogP contribution in [0.4, 0.5) is 5.82 Å². The van der Waals surface area contributed by atoms with Crippen LogP contribution in [0.3, 0.4) is 0 Å². The lowest BCUT2D eigenvalue weighted by Crippen LogP contribution is -1.95. The largest absolute Gasteiger partial charge is 0.383 e. The van der Waals surface area contributed by atoms with Crippen molar-refractivity contribution in [1.82, 2.24) is 20.2 Å². The topological polar surface area (TPSA) is 80.5 Å². The molecule has 0 saturated carbocycles. The van der Waals surface area contributed by atoms with Crippen LogP contribution in [0.15, 0.2) is 11.4 Å². The molecule has 5 nitrogen and oxygen atoms in total. The van der Waals surface area contributed by atoms with E-state index in [-0.39, 0.29) is 0 Å². The highest BCUT2D eigenvalue weighted by atomic mass is 32.2. The molecule has 0 saturated heterocycles. The zero-order valence-corrected chi connectivity index (χ0v) is 7.93. The minimum atomic E-state index is 0.481. The molecule has 2 aromatic rings. The molecule has 2 rings (SSSR count). The van der Waals surface area contributed by atoms with Gasteiger partial charge in [-0.05, 0) is 5.75 Å². The van der Waals surface area contributed by atoms with E-state index in [4.69, 9.17) is 5.73 Å². The molecule has 13 heavy (non-hydrogen) atoms. The molecule has 0 atom stereocenters. The van der Waals surface area contributed by atoms with Gasteiger partial charge in [0, 0.05) is 0 Å². The highest BCUT2D eigenvalue weighted by Gasteiger charge is 2.05. The van der Waals surface area contributed by atoms with Crippen molar-refractivity contribution in [1.29, 1.82) is 0 Å². The number of aromatic nitrogens is 4. The Hall–Kier alpha value is -1.30. The van der Waals surface area contributed by atoms with Gasteiger partial charge in [0.1, 0.15) is 5.82 Å². The molecule has 0 radical (unpaired) electrons. The first-order valence-corrected chi connectivity index (χ1v) is 4.89. The number of H-pyrrole nitrogens is 1. The van der Waals surface area contributed by atoms with E-state index in [0.29, 0.717) is 16.6 Å². The summed E-state index contributed by atoms with van der Waals surface area (Å²) >= 11 is 1.56. The van der Waals surface area contributed by atoms with E-state index >= 15 is 0 Å². The molecule has 2 aromatic heterocycles. The normalized spacial score (nSPS) is 10.8. The standard InChI is InChI=1S/C7H9N5S/c1-2-13-7-10-5(8)4-3-9-12-6(4)11-7/h3H,2H2,1H3,(H3,8,9,10,11,12). The molecule has 0 bridgehead atoms. The maximum atomic E-state index is 5.71. The van der Waals surface area contributed by atoms with Crippen molar-refractivity contribution in [2.75, 3.05) is 11.5 Å². The van der Waals surface area contributed by atoms with Crippen molar-refractivity contribution in [3.8, 4) is 0 Å². The van der Waals surface area contributed by atoms with Crippen molar-refractivity contribution in [2.45, 2.75) is 12.1 Å². The molecule has 0 amide bonds. The lowest BCUT2D eigenvalue weighted by atomic mass is 10.4. The van der Waals surface area contributed by atoms with Gasteiger partial charge in [-0.15, -0.1) is 0 Å². The Morgan fingerprint density at radius 1 is 1.54 bits per heavy atom. The van der Waals surface area contributed by atoms with Gasteiger partial charge >= 0.3 is 0 Å². The molecular formula is C7H9N5S. The van der Waals surface area contributed by atoms with Crippen LogP contribution >= 0.6 is 11.8 Å². The predicted molar refractivity (Wildman–Crippen MR) is 52.5 cm³/mol. The third-order valence-electron chi connectivity index (χ3n) is 1.59. The zero-order chi connectivity index (χ0) is 9.26. The first-order valence-electron chi connectivity index (χ1n) is 3.90. The summed E-state index contributed by atoms with van der Waals surface area (Å²) in [5, 5.41) is 8.08. The average Bonchev–Trinajstić information content (AvgIpc) is 2.53. The second-order valence-electron chi connectivity index (χ2n) is 2.46. The van der Waals surface area contributed by atoms with Crippen molar-refractivity contribution >= 4 is 28.6 Å². The number of nitrogen functional groups attached to an aromatic ring is 1. The van der Waals surface area contributed by atoms with E-state index in [9.17, 15) is 0 Å². The third kappa shape index (κ3) is 1.44. The lowest BCUT2D eigenvalue weighted by molar-refractivity contribution is 0.988. The predicted octanol–water partition coefficient (Wildman–Crippen LogP) is 1.05. The highest BCUT2D eigenvalue weighted by Crippen LogP contribution is 2.19. The number of nitrogens with two attached hydrogens (primary N) is 1. The Morgan fingerprint density at radius 2 is 2.38 bits per heavy atom. The van der Waals surface area contributed by atoms with Crippen LogP contribution in [0.5, 0.6) is 0 Å². The van der Waals surface area contributed by atoms with Crippen LogP contribution in [-0.2, 0) is 0 Å². The minimum absolute atomic E-state index is 0.481. The number of nitrogens with one attached hydrogen (secondary N) is 1. The van der Waals surface area contributed by atoms with E-state index in [0.717, 1.165) is 11.1 Å². The number of fused-ring (bicyclic) bond motifs is 1.